The number of carbonyl (C=O) groups excluding carboxylic acids is 1. The molecule has 21 heavy (non-hydrogen) atoms. The van der Waals surface area contributed by atoms with Gasteiger partial charge in [0.25, 0.3) is 0 Å². The lowest BCUT2D eigenvalue weighted by molar-refractivity contribution is -0.127. The molecule has 0 aromatic heterocycles. The standard InChI is InChI=1S/C17H20O4/c1-16(2)19-14-9-13-11(8-12(14)15(18)21-16)10-17(20-13)6-4-3-5-7-17/h8-9H,3-7,10H2,1-2H3. The first-order valence-corrected chi connectivity index (χ1v) is 7.75. The zero-order valence-electron chi connectivity index (χ0n) is 12.5. The lowest BCUT2D eigenvalue weighted by Gasteiger charge is -2.33. The third kappa shape index (κ3) is 2.08. The number of ether oxygens (including phenoxy) is 3. The Morgan fingerprint density at radius 3 is 2.48 bits per heavy atom. The Bertz CT molecular complexity index is 611. The monoisotopic (exact) mass is 288 g/mol. The molecule has 0 radical (unpaired) electrons. The topological polar surface area (TPSA) is 44.8 Å². The summed E-state index contributed by atoms with van der Waals surface area (Å²) < 4.78 is 17.3. The summed E-state index contributed by atoms with van der Waals surface area (Å²) in [6, 6.07) is 3.77. The minimum Gasteiger partial charge on any atom is -0.487 e. The zero-order valence-corrected chi connectivity index (χ0v) is 12.5. The highest BCUT2D eigenvalue weighted by atomic mass is 16.7. The van der Waals surface area contributed by atoms with Crippen LogP contribution in [-0.2, 0) is 11.2 Å². The Morgan fingerprint density at radius 2 is 1.71 bits per heavy atom. The van der Waals surface area contributed by atoms with Gasteiger partial charge in [-0.1, -0.05) is 6.42 Å². The molecule has 4 heteroatoms. The van der Waals surface area contributed by atoms with Crippen LogP contribution in [0.1, 0.15) is 61.9 Å². The first kappa shape index (κ1) is 13.0. The van der Waals surface area contributed by atoms with Gasteiger partial charge in [-0.3, -0.25) is 0 Å². The maximum absolute atomic E-state index is 12.1. The number of hydrogen-bond acceptors (Lipinski definition) is 4. The third-order valence-electron chi connectivity index (χ3n) is 4.68. The van der Waals surface area contributed by atoms with Gasteiger partial charge in [-0.2, -0.15) is 0 Å². The van der Waals surface area contributed by atoms with Gasteiger partial charge in [0.2, 0.25) is 5.79 Å². The van der Waals surface area contributed by atoms with Crippen LogP contribution in [-0.4, -0.2) is 17.4 Å². The summed E-state index contributed by atoms with van der Waals surface area (Å²) in [5.74, 6) is 0.220. The fraction of sp³-hybridized carbons (Fsp3) is 0.588. The van der Waals surface area contributed by atoms with Crippen molar-refractivity contribution in [2.45, 2.75) is 63.8 Å². The minimum atomic E-state index is -0.917. The van der Waals surface area contributed by atoms with Crippen LogP contribution >= 0.6 is 0 Å². The van der Waals surface area contributed by atoms with E-state index in [4.69, 9.17) is 14.2 Å². The quantitative estimate of drug-likeness (QED) is 0.684. The van der Waals surface area contributed by atoms with E-state index in [9.17, 15) is 4.79 Å². The molecule has 0 bridgehead atoms. The zero-order chi connectivity index (χ0) is 14.7. The molecule has 1 aromatic carbocycles. The average Bonchev–Trinajstić information content (AvgIpc) is 2.73. The maximum Gasteiger partial charge on any atom is 0.345 e. The molecule has 2 heterocycles. The van der Waals surface area contributed by atoms with Gasteiger partial charge in [0.15, 0.2) is 0 Å². The van der Waals surface area contributed by atoms with Gasteiger partial charge in [0.05, 0.1) is 0 Å². The van der Waals surface area contributed by atoms with E-state index in [1.54, 1.807) is 13.8 Å². The second-order valence-electron chi connectivity index (χ2n) is 6.87. The Morgan fingerprint density at radius 1 is 0.952 bits per heavy atom. The first-order chi connectivity index (χ1) is 9.96. The number of carbonyl (C=O) groups is 1. The molecule has 2 aliphatic heterocycles. The van der Waals surface area contributed by atoms with Gasteiger partial charge < -0.3 is 14.2 Å². The van der Waals surface area contributed by atoms with E-state index in [0.29, 0.717) is 11.3 Å². The third-order valence-corrected chi connectivity index (χ3v) is 4.68. The molecule has 0 unspecified atom stereocenters. The van der Waals surface area contributed by atoms with Crippen LogP contribution < -0.4 is 9.47 Å². The molecular formula is C17H20O4. The van der Waals surface area contributed by atoms with E-state index in [2.05, 4.69) is 0 Å². The summed E-state index contributed by atoms with van der Waals surface area (Å²) in [6.45, 7) is 3.48. The highest BCUT2D eigenvalue weighted by Crippen LogP contribution is 2.46. The van der Waals surface area contributed by atoms with Crippen LogP contribution in [0, 0.1) is 0 Å². The smallest absolute Gasteiger partial charge is 0.345 e. The van der Waals surface area contributed by atoms with E-state index in [0.717, 1.165) is 30.6 Å². The molecule has 1 saturated carbocycles. The summed E-state index contributed by atoms with van der Waals surface area (Å²) in [4.78, 5) is 12.1. The van der Waals surface area contributed by atoms with Crippen molar-refractivity contribution in [3.63, 3.8) is 0 Å². The van der Waals surface area contributed by atoms with E-state index in [-0.39, 0.29) is 11.6 Å². The van der Waals surface area contributed by atoms with Crippen molar-refractivity contribution in [1.29, 1.82) is 0 Å². The molecule has 0 saturated heterocycles. The van der Waals surface area contributed by atoms with Gasteiger partial charge in [-0.15, -0.1) is 0 Å². The van der Waals surface area contributed by atoms with Gasteiger partial charge >= 0.3 is 5.97 Å². The lowest BCUT2D eigenvalue weighted by atomic mass is 9.82. The summed E-state index contributed by atoms with van der Waals surface area (Å²) in [5.41, 5.74) is 1.57. The molecule has 4 rings (SSSR count). The second kappa shape index (κ2) is 4.15. The SMILES string of the molecule is CC1(C)OC(=O)c2cc3c(cc2O1)OC1(CCCCC1)C3. The number of rotatable bonds is 0. The van der Waals surface area contributed by atoms with Crippen LogP contribution in [0.4, 0.5) is 0 Å². The van der Waals surface area contributed by atoms with Gasteiger partial charge in [0, 0.05) is 26.3 Å². The molecule has 1 aliphatic carbocycles. The molecule has 1 aromatic rings. The van der Waals surface area contributed by atoms with Crippen LogP contribution in [0.3, 0.4) is 0 Å². The fourth-order valence-electron chi connectivity index (χ4n) is 3.74. The van der Waals surface area contributed by atoms with Crippen molar-refractivity contribution in [3.05, 3.63) is 23.3 Å². The Hall–Kier alpha value is -1.71. The molecule has 1 fully saturated rings. The van der Waals surface area contributed by atoms with Gasteiger partial charge in [-0.25, -0.2) is 4.79 Å². The number of esters is 1. The van der Waals surface area contributed by atoms with Crippen LogP contribution in [0.2, 0.25) is 0 Å². The molecule has 4 nitrogen and oxygen atoms in total. The molecule has 0 N–H and O–H groups in total. The second-order valence-corrected chi connectivity index (χ2v) is 6.87. The Kier molecular flexibility index (Phi) is 2.57. The van der Waals surface area contributed by atoms with Crippen molar-refractivity contribution in [1.82, 2.24) is 0 Å². The van der Waals surface area contributed by atoms with Crippen molar-refractivity contribution in [3.8, 4) is 11.5 Å². The highest BCUT2D eigenvalue weighted by Gasteiger charge is 2.42. The fourth-order valence-corrected chi connectivity index (χ4v) is 3.74. The average molecular weight is 288 g/mol. The van der Waals surface area contributed by atoms with Crippen LogP contribution in [0.25, 0.3) is 0 Å². The van der Waals surface area contributed by atoms with Crippen molar-refractivity contribution in [2.24, 2.45) is 0 Å². The summed E-state index contributed by atoms with van der Waals surface area (Å²) in [5, 5.41) is 0. The van der Waals surface area contributed by atoms with Crippen LogP contribution in [0.15, 0.2) is 12.1 Å². The maximum atomic E-state index is 12.1. The predicted molar refractivity (Wildman–Crippen MR) is 76.7 cm³/mol. The number of cyclic esters (lactones) is 1. The number of fused-ring (bicyclic) bond motifs is 2. The largest absolute Gasteiger partial charge is 0.487 e. The van der Waals surface area contributed by atoms with Gasteiger partial charge in [-0.05, 0) is 37.3 Å². The van der Waals surface area contributed by atoms with Crippen molar-refractivity contribution in [2.75, 3.05) is 0 Å². The van der Waals surface area contributed by atoms with E-state index in [1.807, 2.05) is 12.1 Å². The minimum absolute atomic E-state index is 0.0516. The van der Waals surface area contributed by atoms with Crippen molar-refractivity contribution >= 4 is 5.97 Å². The van der Waals surface area contributed by atoms with Crippen molar-refractivity contribution < 1.29 is 19.0 Å². The summed E-state index contributed by atoms with van der Waals surface area (Å²) in [7, 11) is 0. The van der Waals surface area contributed by atoms with E-state index < -0.39 is 5.79 Å². The molecule has 0 atom stereocenters. The van der Waals surface area contributed by atoms with E-state index in [1.165, 1.54) is 19.3 Å². The number of benzene rings is 1. The molecular weight excluding hydrogens is 268 g/mol. The molecule has 0 amide bonds. The van der Waals surface area contributed by atoms with E-state index >= 15 is 0 Å². The Labute approximate surface area is 124 Å². The number of hydrogen-bond donors (Lipinski definition) is 0. The summed E-state index contributed by atoms with van der Waals surface area (Å²) >= 11 is 0. The predicted octanol–water partition coefficient (Wildman–Crippen LogP) is 3.61. The van der Waals surface area contributed by atoms with Crippen LogP contribution in [0.5, 0.6) is 11.5 Å². The Balaban J connectivity index is 1.71. The molecule has 3 aliphatic rings. The normalized spacial score (nSPS) is 24.6. The lowest BCUT2D eigenvalue weighted by Crippen LogP contribution is -2.38. The molecule has 1 spiro atoms. The summed E-state index contributed by atoms with van der Waals surface area (Å²) in [6.07, 6.45) is 6.83. The van der Waals surface area contributed by atoms with Gasteiger partial charge in [0.1, 0.15) is 22.7 Å². The molecule has 112 valence electrons. The first-order valence-electron chi connectivity index (χ1n) is 7.75. The highest BCUT2D eigenvalue weighted by molar-refractivity contribution is 5.94.